The predicted octanol–water partition coefficient (Wildman–Crippen LogP) is 2.31. The van der Waals surface area contributed by atoms with Crippen molar-refractivity contribution >= 4 is 17.4 Å². The predicted molar refractivity (Wildman–Crippen MR) is 73.3 cm³/mol. The van der Waals surface area contributed by atoms with Crippen molar-refractivity contribution in [3.8, 4) is 0 Å². The van der Waals surface area contributed by atoms with Crippen LogP contribution in [0.25, 0.3) is 0 Å². The minimum atomic E-state index is -0.817. The van der Waals surface area contributed by atoms with E-state index in [1.165, 1.54) is 24.3 Å². The number of halogens is 2. The maximum atomic E-state index is 13.5. The molecule has 21 heavy (non-hydrogen) atoms. The number of amidine groups is 1. The lowest BCUT2D eigenvalue weighted by atomic mass is 10.1. The molecular formula is C14H11F2N3O2. The van der Waals surface area contributed by atoms with Crippen LogP contribution < -0.4 is 11.1 Å². The third kappa shape index (κ3) is 3.33. The average Bonchev–Trinajstić information content (AvgIpc) is 2.49. The SMILES string of the molecule is N/C(=N/O)c1ccc(NC(=O)c2cc(F)ccc2F)cc1. The first-order chi connectivity index (χ1) is 10.0. The van der Waals surface area contributed by atoms with E-state index in [0.717, 1.165) is 18.2 Å². The van der Waals surface area contributed by atoms with Crippen LogP contribution in [0.3, 0.4) is 0 Å². The van der Waals surface area contributed by atoms with Crippen molar-refractivity contribution in [2.45, 2.75) is 0 Å². The largest absolute Gasteiger partial charge is 0.409 e. The van der Waals surface area contributed by atoms with Gasteiger partial charge in [0.1, 0.15) is 11.6 Å². The Labute approximate surface area is 118 Å². The van der Waals surface area contributed by atoms with Crippen molar-refractivity contribution < 1.29 is 18.8 Å². The smallest absolute Gasteiger partial charge is 0.258 e. The molecule has 0 unspecified atom stereocenters. The summed E-state index contributed by atoms with van der Waals surface area (Å²) in [6, 6.07) is 8.61. The number of nitrogens with zero attached hydrogens (tertiary/aromatic N) is 1. The molecule has 0 fully saturated rings. The number of nitrogens with one attached hydrogen (secondary N) is 1. The van der Waals surface area contributed by atoms with Crippen molar-refractivity contribution in [1.29, 1.82) is 0 Å². The highest BCUT2D eigenvalue weighted by molar-refractivity contribution is 6.05. The number of oxime groups is 1. The second-order valence-corrected chi connectivity index (χ2v) is 4.14. The lowest BCUT2D eigenvalue weighted by Crippen LogP contribution is -2.15. The molecular weight excluding hydrogens is 280 g/mol. The van der Waals surface area contributed by atoms with Crippen LogP contribution in [0.5, 0.6) is 0 Å². The Bertz CT molecular complexity index is 700. The van der Waals surface area contributed by atoms with E-state index in [1.807, 2.05) is 0 Å². The molecule has 0 spiro atoms. The first-order valence-corrected chi connectivity index (χ1v) is 5.85. The topological polar surface area (TPSA) is 87.7 Å². The lowest BCUT2D eigenvalue weighted by molar-refractivity contribution is 0.102. The van der Waals surface area contributed by atoms with Gasteiger partial charge in [-0.15, -0.1) is 0 Å². The minimum absolute atomic E-state index is 0.0796. The van der Waals surface area contributed by atoms with Crippen molar-refractivity contribution in [3.63, 3.8) is 0 Å². The number of hydrogen-bond donors (Lipinski definition) is 3. The Morgan fingerprint density at radius 3 is 2.43 bits per heavy atom. The van der Waals surface area contributed by atoms with Gasteiger partial charge in [0, 0.05) is 11.3 Å². The first-order valence-electron chi connectivity index (χ1n) is 5.85. The van der Waals surface area contributed by atoms with E-state index in [4.69, 9.17) is 10.9 Å². The number of anilines is 1. The molecule has 0 aliphatic carbocycles. The van der Waals surface area contributed by atoms with E-state index in [9.17, 15) is 13.6 Å². The molecule has 0 heterocycles. The molecule has 0 saturated carbocycles. The lowest BCUT2D eigenvalue weighted by Gasteiger charge is -2.07. The average molecular weight is 291 g/mol. The van der Waals surface area contributed by atoms with E-state index < -0.39 is 23.1 Å². The van der Waals surface area contributed by atoms with Crippen molar-refractivity contribution in [2.75, 3.05) is 5.32 Å². The maximum Gasteiger partial charge on any atom is 0.258 e. The van der Waals surface area contributed by atoms with Gasteiger partial charge >= 0.3 is 0 Å². The molecule has 4 N–H and O–H groups in total. The number of hydrogen-bond acceptors (Lipinski definition) is 3. The van der Waals surface area contributed by atoms with Crippen molar-refractivity contribution in [2.24, 2.45) is 10.9 Å². The number of nitrogens with two attached hydrogens (primary N) is 1. The van der Waals surface area contributed by atoms with Gasteiger partial charge < -0.3 is 16.3 Å². The zero-order chi connectivity index (χ0) is 15.4. The molecule has 7 heteroatoms. The molecule has 0 aromatic heterocycles. The summed E-state index contributed by atoms with van der Waals surface area (Å²) in [5.74, 6) is -2.38. The molecule has 2 rings (SSSR count). The molecule has 0 aliphatic rings. The van der Waals surface area contributed by atoms with Gasteiger partial charge in [-0.05, 0) is 42.5 Å². The fourth-order valence-corrected chi connectivity index (χ4v) is 1.65. The van der Waals surface area contributed by atoms with Crippen LogP contribution in [0.2, 0.25) is 0 Å². The summed E-state index contributed by atoms with van der Waals surface area (Å²) in [5, 5.41) is 13.8. The van der Waals surface area contributed by atoms with Crippen LogP contribution in [-0.2, 0) is 0 Å². The first kappa shape index (κ1) is 14.4. The normalized spacial score (nSPS) is 11.2. The van der Waals surface area contributed by atoms with Crippen molar-refractivity contribution in [3.05, 3.63) is 65.2 Å². The standard InChI is InChI=1S/C14H11F2N3O2/c15-9-3-6-12(16)11(7-9)14(20)18-10-4-1-8(2-5-10)13(17)19-21/h1-7,21H,(H2,17,19)(H,18,20). The summed E-state index contributed by atoms with van der Waals surface area (Å²) in [6.45, 7) is 0. The van der Waals surface area contributed by atoms with Gasteiger partial charge in [0.25, 0.3) is 5.91 Å². The Balaban J connectivity index is 2.18. The fourth-order valence-electron chi connectivity index (χ4n) is 1.65. The fraction of sp³-hybridized carbons (Fsp3) is 0. The molecule has 0 bridgehead atoms. The Hall–Kier alpha value is -2.96. The van der Waals surface area contributed by atoms with Gasteiger partial charge in [0.05, 0.1) is 5.56 Å². The van der Waals surface area contributed by atoms with Crippen LogP contribution in [0, 0.1) is 11.6 Å². The molecule has 0 radical (unpaired) electrons. The molecule has 1 amide bonds. The molecule has 5 nitrogen and oxygen atoms in total. The minimum Gasteiger partial charge on any atom is -0.409 e. The third-order valence-electron chi connectivity index (χ3n) is 2.72. The quantitative estimate of drug-likeness (QED) is 0.351. The van der Waals surface area contributed by atoms with Gasteiger partial charge in [-0.2, -0.15) is 0 Å². The second kappa shape index (κ2) is 6.00. The molecule has 0 saturated heterocycles. The van der Waals surface area contributed by atoms with Crippen LogP contribution in [-0.4, -0.2) is 17.0 Å². The number of rotatable bonds is 3. The zero-order valence-electron chi connectivity index (χ0n) is 10.7. The van der Waals surface area contributed by atoms with Gasteiger partial charge in [-0.1, -0.05) is 5.16 Å². The summed E-state index contributed by atoms with van der Waals surface area (Å²) in [5.41, 5.74) is 5.81. The van der Waals surface area contributed by atoms with Gasteiger partial charge in [0.15, 0.2) is 5.84 Å². The molecule has 0 atom stereocenters. The van der Waals surface area contributed by atoms with E-state index in [1.54, 1.807) is 0 Å². The van der Waals surface area contributed by atoms with E-state index in [2.05, 4.69) is 10.5 Å². The number of amides is 1. The van der Waals surface area contributed by atoms with E-state index in [0.29, 0.717) is 11.3 Å². The number of benzene rings is 2. The summed E-state index contributed by atoms with van der Waals surface area (Å²) in [4.78, 5) is 11.9. The monoisotopic (exact) mass is 291 g/mol. The van der Waals surface area contributed by atoms with Gasteiger partial charge in [-0.3, -0.25) is 4.79 Å². The van der Waals surface area contributed by atoms with Crippen LogP contribution in [0.1, 0.15) is 15.9 Å². The second-order valence-electron chi connectivity index (χ2n) is 4.14. The summed E-state index contributed by atoms with van der Waals surface area (Å²) >= 11 is 0. The Morgan fingerprint density at radius 2 is 1.81 bits per heavy atom. The summed E-state index contributed by atoms with van der Waals surface area (Å²) in [6.07, 6.45) is 0. The highest BCUT2D eigenvalue weighted by atomic mass is 19.1. The molecule has 2 aromatic rings. The van der Waals surface area contributed by atoms with Crippen LogP contribution >= 0.6 is 0 Å². The summed E-state index contributed by atoms with van der Waals surface area (Å²) in [7, 11) is 0. The molecule has 2 aromatic carbocycles. The van der Waals surface area contributed by atoms with Gasteiger partial charge in [0.2, 0.25) is 0 Å². The van der Waals surface area contributed by atoms with Crippen molar-refractivity contribution in [1.82, 2.24) is 0 Å². The Kier molecular flexibility index (Phi) is 4.13. The maximum absolute atomic E-state index is 13.5. The molecule has 0 aliphatic heterocycles. The van der Waals surface area contributed by atoms with E-state index in [-0.39, 0.29) is 5.84 Å². The summed E-state index contributed by atoms with van der Waals surface area (Å²) < 4.78 is 26.5. The van der Waals surface area contributed by atoms with E-state index >= 15 is 0 Å². The third-order valence-corrected chi connectivity index (χ3v) is 2.72. The van der Waals surface area contributed by atoms with Crippen LogP contribution in [0.4, 0.5) is 14.5 Å². The highest BCUT2D eigenvalue weighted by Crippen LogP contribution is 2.14. The highest BCUT2D eigenvalue weighted by Gasteiger charge is 2.13. The van der Waals surface area contributed by atoms with Gasteiger partial charge in [-0.25, -0.2) is 8.78 Å². The number of carbonyl (C=O) groups excluding carboxylic acids is 1. The number of carbonyl (C=O) groups is 1. The molecule has 108 valence electrons. The zero-order valence-corrected chi connectivity index (χ0v) is 10.7. The van der Waals surface area contributed by atoms with Crippen LogP contribution in [0.15, 0.2) is 47.6 Å². The Morgan fingerprint density at radius 1 is 1.14 bits per heavy atom.